The van der Waals surface area contributed by atoms with Gasteiger partial charge in [0.2, 0.25) is 0 Å². The van der Waals surface area contributed by atoms with Gasteiger partial charge in [0.05, 0.1) is 12.5 Å². The van der Waals surface area contributed by atoms with Crippen molar-refractivity contribution < 1.29 is 4.42 Å². The topological polar surface area (TPSA) is 39.2 Å². The fourth-order valence-electron chi connectivity index (χ4n) is 2.03. The second kappa shape index (κ2) is 6.67. The molecular formula is C13H23NO. The zero-order chi connectivity index (χ0) is 11.1. The molecule has 0 saturated carbocycles. The minimum Gasteiger partial charge on any atom is -0.472 e. The van der Waals surface area contributed by atoms with Gasteiger partial charge in [0.1, 0.15) is 0 Å². The molecule has 0 aliphatic rings. The summed E-state index contributed by atoms with van der Waals surface area (Å²) in [6.45, 7) is 4.46. The molecule has 0 radical (unpaired) electrons. The van der Waals surface area contributed by atoms with Gasteiger partial charge in [-0.2, -0.15) is 0 Å². The van der Waals surface area contributed by atoms with Crippen LogP contribution in [0.4, 0.5) is 0 Å². The van der Waals surface area contributed by atoms with Gasteiger partial charge in [-0.1, -0.05) is 33.1 Å². The van der Waals surface area contributed by atoms with E-state index in [9.17, 15) is 0 Å². The Morgan fingerprint density at radius 1 is 1.40 bits per heavy atom. The highest BCUT2D eigenvalue weighted by Crippen LogP contribution is 2.18. The van der Waals surface area contributed by atoms with Crippen molar-refractivity contribution in [2.75, 3.05) is 0 Å². The zero-order valence-corrected chi connectivity index (χ0v) is 9.91. The van der Waals surface area contributed by atoms with E-state index in [0.29, 0.717) is 5.92 Å². The quantitative estimate of drug-likeness (QED) is 0.747. The first kappa shape index (κ1) is 12.3. The fourth-order valence-corrected chi connectivity index (χ4v) is 2.03. The second-order valence-electron chi connectivity index (χ2n) is 4.31. The first-order valence-electron chi connectivity index (χ1n) is 6.04. The van der Waals surface area contributed by atoms with Crippen LogP contribution in [0.1, 0.15) is 45.1 Å². The molecule has 2 nitrogen and oxygen atoms in total. The Morgan fingerprint density at radius 3 is 2.73 bits per heavy atom. The van der Waals surface area contributed by atoms with Crippen LogP contribution in [0.15, 0.2) is 23.0 Å². The van der Waals surface area contributed by atoms with E-state index in [4.69, 9.17) is 10.2 Å². The van der Waals surface area contributed by atoms with Crippen molar-refractivity contribution in [2.45, 2.75) is 52.0 Å². The van der Waals surface area contributed by atoms with Crippen molar-refractivity contribution in [1.29, 1.82) is 0 Å². The summed E-state index contributed by atoms with van der Waals surface area (Å²) in [5.41, 5.74) is 7.44. The minimum absolute atomic E-state index is 0.277. The van der Waals surface area contributed by atoms with Crippen molar-refractivity contribution in [1.82, 2.24) is 0 Å². The lowest BCUT2D eigenvalue weighted by atomic mass is 9.89. The third-order valence-corrected chi connectivity index (χ3v) is 3.11. The van der Waals surface area contributed by atoms with E-state index in [1.165, 1.54) is 31.2 Å². The summed E-state index contributed by atoms with van der Waals surface area (Å²) >= 11 is 0. The molecule has 0 aliphatic heterocycles. The Bertz CT molecular complexity index is 243. The first-order valence-corrected chi connectivity index (χ1v) is 6.04. The summed E-state index contributed by atoms with van der Waals surface area (Å²) in [5, 5.41) is 0. The summed E-state index contributed by atoms with van der Waals surface area (Å²) in [4.78, 5) is 0. The van der Waals surface area contributed by atoms with Crippen molar-refractivity contribution in [3.8, 4) is 0 Å². The molecule has 0 amide bonds. The van der Waals surface area contributed by atoms with Crippen molar-refractivity contribution in [3.05, 3.63) is 24.2 Å². The van der Waals surface area contributed by atoms with Gasteiger partial charge in [0, 0.05) is 6.04 Å². The van der Waals surface area contributed by atoms with E-state index in [-0.39, 0.29) is 6.04 Å². The molecule has 1 rings (SSSR count). The van der Waals surface area contributed by atoms with E-state index in [1.54, 1.807) is 12.5 Å². The summed E-state index contributed by atoms with van der Waals surface area (Å²) in [7, 11) is 0. The van der Waals surface area contributed by atoms with E-state index in [1.807, 2.05) is 6.07 Å². The van der Waals surface area contributed by atoms with Gasteiger partial charge in [-0.25, -0.2) is 0 Å². The number of rotatable bonds is 7. The first-order chi connectivity index (χ1) is 7.27. The van der Waals surface area contributed by atoms with Crippen LogP contribution in [-0.2, 0) is 6.42 Å². The van der Waals surface area contributed by atoms with Crippen LogP contribution in [0.3, 0.4) is 0 Å². The van der Waals surface area contributed by atoms with Crippen LogP contribution in [0, 0.1) is 5.92 Å². The van der Waals surface area contributed by atoms with Crippen LogP contribution in [0.2, 0.25) is 0 Å². The van der Waals surface area contributed by atoms with Crippen LogP contribution < -0.4 is 5.73 Å². The average molecular weight is 209 g/mol. The molecule has 15 heavy (non-hydrogen) atoms. The summed E-state index contributed by atoms with van der Waals surface area (Å²) < 4.78 is 5.05. The normalized spacial score (nSPS) is 15.1. The maximum Gasteiger partial charge on any atom is 0.0935 e. The monoisotopic (exact) mass is 209 g/mol. The number of hydrogen-bond donors (Lipinski definition) is 1. The molecule has 1 heterocycles. The summed E-state index contributed by atoms with van der Waals surface area (Å²) in [6.07, 6.45) is 9.44. The molecule has 1 aromatic rings. The van der Waals surface area contributed by atoms with Gasteiger partial charge in [-0.3, -0.25) is 0 Å². The summed E-state index contributed by atoms with van der Waals surface area (Å²) in [6, 6.07) is 2.28. The number of furan rings is 1. The average Bonchev–Trinajstić information content (AvgIpc) is 2.71. The smallest absolute Gasteiger partial charge is 0.0935 e. The van der Waals surface area contributed by atoms with Gasteiger partial charge in [-0.15, -0.1) is 0 Å². The van der Waals surface area contributed by atoms with Crippen molar-refractivity contribution >= 4 is 0 Å². The highest BCUT2D eigenvalue weighted by Gasteiger charge is 2.16. The molecule has 1 aromatic heterocycles. The fraction of sp³-hybridized carbons (Fsp3) is 0.692. The molecule has 0 aliphatic carbocycles. The zero-order valence-electron chi connectivity index (χ0n) is 9.91. The largest absolute Gasteiger partial charge is 0.472 e. The van der Waals surface area contributed by atoms with Gasteiger partial charge in [-0.05, 0) is 30.4 Å². The minimum atomic E-state index is 0.277. The van der Waals surface area contributed by atoms with Crippen molar-refractivity contribution in [2.24, 2.45) is 11.7 Å². The van der Waals surface area contributed by atoms with Crippen LogP contribution in [0.25, 0.3) is 0 Å². The Kier molecular flexibility index (Phi) is 5.48. The van der Waals surface area contributed by atoms with Gasteiger partial charge in [0.25, 0.3) is 0 Å². The van der Waals surface area contributed by atoms with Gasteiger partial charge < -0.3 is 10.2 Å². The predicted octanol–water partition coefficient (Wildman–Crippen LogP) is 3.37. The van der Waals surface area contributed by atoms with E-state index >= 15 is 0 Å². The molecule has 2 heteroatoms. The van der Waals surface area contributed by atoms with Gasteiger partial charge in [0.15, 0.2) is 0 Å². The molecule has 0 spiro atoms. The molecule has 2 atom stereocenters. The molecule has 0 fully saturated rings. The Labute approximate surface area is 92.9 Å². The van der Waals surface area contributed by atoms with Crippen LogP contribution >= 0.6 is 0 Å². The van der Waals surface area contributed by atoms with E-state index < -0.39 is 0 Å². The van der Waals surface area contributed by atoms with E-state index in [2.05, 4.69) is 13.8 Å². The lowest BCUT2D eigenvalue weighted by Crippen LogP contribution is -2.31. The molecule has 0 aromatic carbocycles. The van der Waals surface area contributed by atoms with Crippen molar-refractivity contribution in [3.63, 3.8) is 0 Å². The molecular weight excluding hydrogens is 186 g/mol. The lowest BCUT2D eigenvalue weighted by molar-refractivity contribution is 0.368. The Morgan fingerprint density at radius 2 is 2.20 bits per heavy atom. The third kappa shape index (κ3) is 4.08. The Hall–Kier alpha value is -0.760. The summed E-state index contributed by atoms with van der Waals surface area (Å²) in [5.74, 6) is 0.653. The van der Waals surface area contributed by atoms with E-state index in [0.717, 1.165) is 6.42 Å². The van der Waals surface area contributed by atoms with Crippen LogP contribution in [0.5, 0.6) is 0 Å². The highest BCUT2D eigenvalue weighted by atomic mass is 16.3. The molecule has 0 bridgehead atoms. The number of hydrogen-bond acceptors (Lipinski definition) is 2. The SMILES string of the molecule is CCCCC(CC)C(N)Cc1ccoc1. The second-order valence-corrected chi connectivity index (χ2v) is 4.31. The maximum atomic E-state index is 6.22. The number of nitrogens with two attached hydrogens (primary N) is 1. The van der Waals surface area contributed by atoms with Gasteiger partial charge >= 0.3 is 0 Å². The lowest BCUT2D eigenvalue weighted by Gasteiger charge is -2.21. The highest BCUT2D eigenvalue weighted by molar-refractivity contribution is 5.07. The standard InChI is InChI=1S/C13H23NO/c1-3-5-6-12(4-2)13(14)9-11-7-8-15-10-11/h7-8,10,12-13H,3-6,9,14H2,1-2H3. The number of unbranched alkanes of at least 4 members (excludes halogenated alkanes) is 1. The Balaban J connectivity index is 2.39. The molecule has 0 saturated heterocycles. The molecule has 2 unspecified atom stereocenters. The van der Waals surface area contributed by atoms with Crippen LogP contribution in [-0.4, -0.2) is 6.04 Å². The maximum absolute atomic E-state index is 6.22. The molecule has 2 N–H and O–H groups in total. The predicted molar refractivity (Wildman–Crippen MR) is 63.7 cm³/mol. The molecule has 86 valence electrons. The third-order valence-electron chi connectivity index (χ3n) is 3.11.